The molecule has 0 radical (unpaired) electrons. The molecule has 0 atom stereocenters. The van der Waals surface area contributed by atoms with Crippen molar-refractivity contribution in [2.45, 2.75) is 11.4 Å². The van der Waals surface area contributed by atoms with Crippen molar-refractivity contribution in [3.8, 4) is 11.5 Å². The van der Waals surface area contributed by atoms with E-state index in [4.69, 9.17) is 44.3 Å². The van der Waals surface area contributed by atoms with Crippen LogP contribution in [0, 0.1) is 0 Å². The first-order chi connectivity index (χ1) is 16.2. The number of ether oxygens (including phenoxy) is 2. The van der Waals surface area contributed by atoms with Crippen LogP contribution < -0.4 is 14.8 Å². The van der Waals surface area contributed by atoms with Crippen molar-refractivity contribution >= 4 is 56.4 Å². The number of halogens is 3. The van der Waals surface area contributed by atoms with Crippen LogP contribution in [0.15, 0.2) is 65.6 Å². The molecule has 0 spiro atoms. The summed E-state index contributed by atoms with van der Waals surface area (Å²) < 4.78 is 38.8. The second-order valence-corrected chi connectivity index (χ2v) is 10.6. The van der Waals surface area contributed by atoms with E-state index in [9.17, 15) is 13.2 Å². The first kappa shape index (κ1) is 24.6. The molecule has 1 aliphatic heterocycles. The zero-order chi connectivity index (χ0) is 24.3. The molecule has 3 aromatic carbocycles. The Morgan fingerprint density at radius 3 is 2.29 bits per heavy atom. The summed E-state index contributed by atoms with van der Waals surface area (Å²) in [5.74, 6) is 0.551. The minimum Gasteiger partial charge on any atom is -0.486 e. The molecule has 1 N–H and O–H groups in total. The van der Waals surface area contributed by atoms with Crippen LogP contribution >= 0.6 is 34.8 Å². The van der Waals surface area contributed by atoms with Gasteiger partial charge in [0, 0.05) is 23.3 Å². The molecule has 7 nitrogen and oxygen atoms in total. The van der Waals surface area contributed by atoms with Crippen molar-refractivity contribution in [2.24, 2.45) is 0 Å². The van der Waals surface area contributed by atoms with Crippen LogP contribution in [0.5, 0.6) is 11.5 Å². The molecule has 1 aliphatic rings. The van der Waals surface area contributed by atoms with Crippen molar-refractivity contribution in [1.29, 1.82) is 0 Å². The van der Waals surface area contributed by atoms with Gasteiger partial charge in [-0.15, -0.1) is 0 Å². The normalized spacial score (nSPS) is 13.1. The maximum absolute atomic E-state index is 13.4. The fourth-order valence-electron chi connectivity index (χ4n) is 3.30. The Kier molecular flexibility index (Phi) is 7.54. The Bertz CT molecular complexity index is 1320. The van der Waals surface area contributed by atoms with Gasteiger partial charge in [0.1, 0.15) is 13.2 Å². The van der Waals surface area contributed by atoms with E-state index in [0.29, 0.717) is 46.0 Å². The number of fused-ring (bicyclic) bond motifs is 1. The number of hydrogen-bond acceptors (Lipinski definition) is 5. The molecule has 34 heavy (non-hydrogen) atoms. The lowest BCUT2D eigenvalue weighted by molar-refractivity contribution is -0.116. The molecule has 11 heteroatoms. The summed E-state index contributed by atoms with van der Waals surface area (Å²) in [6, 6.07) is 15.5. The average Bonchev–Trinajstić information content (AvgIpc) is 2.81. The van der Waals surface area contributed by atoms with Crippen molar-refractivity contribution in [1.82, 2.24) is 4.31 Å². The Balaban J connectivity index is 1.58. The van der Waals surface area contributed by atoms with E-state index in [-0.39, 0.29) is 16.5 Å². The van der Waals surface area contributed by atoms with Gasteiger partial charge < -0.3 is 14.8 Å². The summed E-state index contributed by atoms with van der Waals surface area (Å²) in [6.07, 6.45) is 0. The van der Waals surface area contributed by atoms with Crippen LogP contribution in [0.2, 0.25) is 15.1 Å². The molecule has 3 aromatic rings. The third-order valence-electron chi connectivity index (χ3n) is 4.94. The number of carbonyl (C=O) groups excluding carboxylic acids is 1. The molecule has 0 bridgehead atoms. The predicted molar refractivity (Wildman–Crippen MR) is 132 cm³/mol. The lowest BCUT2D eigenvalue weighted by Crippen LogP contribution is -2.37. The summed E-state index contributed by atoms with van der Waals surface area (Å²) >= 11 is 18.0. The van der Waals surface area contributed by atoms with E-state index >= 15 is 0 Å². The first-order valence-corrected chi connectivity index (χ1v) is 12.7. The molecule has 0 saturated carbocycles. The smallest absolute Gasteiger partial charge is 0.243 e. The Labute approximate surface area is 212 Å². The molecule has 0 aliphatic carbocycles. The van der Waals surface area contributed by atoms with Gasteiger partial charge in [0.05, 0.1) is 21.5 Å². The van der Waals surface area contributed by atoms with Crippen molar-refractivity contribution in [3.05, 3.63) is 81.3 Å². The topological polar surface area (TPSA) is 84.9 Å². The lowest BCUT2D eigenvalue weighted by Gasteiger charge is -2.23. The Morgan fingerprint density at radius 1 is 0.882 bits per heavy atom. The number of rotatable bonds is 7. The molecular weight excluding hydrogens is 523 g/mol. The van der Waals surface area contributed by atoms with Gasteiger partial charge in [0.25, 0.3) is 0 Å². The number of carbonyl (C=O) groups is 1. The number of nitrogens with zero attached hydrogens (tertiary/aromatic N) is 1. The van der Waals surface area contributed by atoms with Crippen LogP contribution in [0.4, 0.5) is 5.69 Å². The third-order valence-corrected chi connectivity index (χ3v) is 7.74. The minimum atomic E-state index is -4.05. The van der Waals surface area contributed by atoms with Crippen LogP contribution in [0.1, 0.15) is 5.56 Å². The largest absolute Gasteiger partial charge is 0.486 e. The molecule has 0 unspecified atom stereocenters. The SMILES string of the molecule is O=C(CN(Cc1ccc(Cl)c(Cl)c1)S(=O)(=O)c1ccc(Cl)cc1)Nc1ccc2c(c1)OCCO2. The number of anilines is 1. The zero-order valence-electron chi connectivity index (χ0n) is 17.6. The zero-order valence-corrected chi connectivity index (χ0v) is 20.7. The number of hydrogen-bond donors (Lipinski definition) is 1. The maximum Gasteiger partial charge on any atom is 0.243 e. The highest BCUT2D eigenvalue weighted by molar-refractivity contribution is 7.89. The van der Waals surface area contributed by atoms with E-state index in [1.807, 2.05) is 0 Å². The summed E-state index contributed by atoms with van der Waals surface area (Å²) in [4.78, 5) is 12.9. The fourth-order valence-corrected chi connectivity index (χ4v) is 5.14. The van der Waals surface area contributed by atoms with Gasteiger partial charge in [0.15, 0.2) is 11.5 Å². The monoisotopic (exact) mass is 540 g/mol. The lowest BCUT2D eigenvalue weighted by atomic mass is 10.2. The molecule has 1 amide bonds. The molecule has 4 rings (SSSR count). The van der Waals surface area contributed by atoms with Gasteiger partial charge in [0.2, 0.25) is 15.9 Å². The number of sulfonamides is 1. The summed E-state index contributed by atoms with van der Waals surface area (Å²) in [5.41, 5.74) is 1.02. The average molecular weight is 542 g/mol. The molecular formula is C23H19Cl3N2O5S. The van der Waals surface area contributed by atoms with Crippen LogP contribution in [0.25, 0.3) is 0 Å². The molecule has 1 heterocycles. The standard InChI is InChI=1S/C23H19Cl3N2O5S/c24-16-2-5-18(6-3-16)34(30,31)28(13-15-1-7-19(25)20(26)11-15)14-23(29)27-17-4-8-21-22(12-17)33-10-9-32-21/h1-8,11-12H,9-10,13-14H2,(H,27,29). The van der Waals surface area contributed by atoms with E-state index in [1.54, 1.807) is 36.4 Å². The van der Waals surface area contributed by atoms with E-state index in [2.05, 4.69) is 5.32 Å². The second kappa shape index (κ2) is 10.4. The third kappa shape index (κ3) is 5.76. The second-order valence-electron chi connectivity index (χ2n) is 7.38. The quantitative estimate of drug-likeness (QED) is 0.442. The molecule has 0 aromatic heterocycles. The van der Waals surface area contributed by atoms with Crippen LogP contribution in [-0.4, -0.2) is 38.4 Å². The molecule has 0 fully saturated rings. The van der Waals surface area contributed by atoms with Crippen molar-refractivity contribution < 1.29 is 22.7 Å². The predicted octanol–water partition coefficient (Wildman–Crippen LogP) is 5.25. The number of nitrogens with one attached hydrogen (secondary N) is 1. The summed E-state index contributed by atoms with van der Waals surface area (Å²) in [5, 5.41) is 3.73. The van der Waals surface area contributed by atoms with Gasteiger partial charge >= 0.3 is 0 Å². The highest BCUT2D eigenvalue weighted by Gasteiger charge is 2.27. The first-order valence-electron chi connectivity index (χ1n) is 10.1. The van der Waals surface area contributed by atoms with Gasteiger partial charge in [-0.3, -0.25) is 4.79 Å². The molecule has 0 saturated heterocycles. The fraction of sp³-hybridized carbons (Fsp3) is 0.174. The number of amides is 1. The van der Waals surface area contributed by atoms with E-state index < -0.39 is 22.5 Å². The van der Waals surface area contributed by atoms with Crippen molar-refractivity contribution in [3.63, 3.8) is 0 Å². The summed E-state index contributed by atoms with van der Waals surface area (Å²) in [6.45, 7) is 0.308. The highest BCUT2D eigenvalue weighted by Crippen LogP contribution is 2.32. The van der Waals surface area contributed by atoms with Crippen molar-refractivity contribution in [2.75, 3.05) is 25.1 Å². The van der Waals surface area contributed by atoms with Gasteiger partial charge in [-0.1, -0.05) is 40.9 Å². The maximum atomic E-state index is 13.4. The van der Waals surface area contributed by atoms with Gasteiger partial charge in [-0.25, -0.2) is 8.42 Å². The van der Waals surface area contributed by atoms with Crippen LogP contribution in [0.3, 0.4) is 0 Å². The Morgan fingerprint density at radius 2 is 1.59 bits per heavy atom. The molecule has 178 valence electrons. The van der Waals surface area contributed by atoms with Crippen LogP contribution in [-0.2, 0) is 21.4 Å². The van der Waals surface area contributed by atoms with Gasteiger partial charge in [-0.2, -0.15) is 4.31 Å². The highest BCUT2D eigenvalue weighted by atomic mass is 35.5. The van der Waals surface area contributed by atoms with E-state index in [0.717, 1.165) is 4.31 Å². The minimum absolute atomic E-state index is 0.00379. The summed E-state index contributed by atoms with van der Waals surface area (Å²) in [7, 11) is -4.05. The number of benzene rings is 3. The van der Waals surface area contributed by atoms with Gasteiger partial charge in [-0.05, 0) is 54.1 Å². The Hall–Kier alpha value is -2.49. The van der Waals surface area contributed by atoms with E-state index in [1.165, 1.54) is 24.3 Å².